The Kier molecular flexibility index (Phi) is 7.71. The molecule has 4 atom stereocenters. The van der Waals surface area contributed by atoms with Crippen molar-refractivity contribution in [2.75, 3.05) is 0 Å². The van der Waals surface area contributed by atoms with E-state index in [0.717, 1.165) is 0 Å². The molecule has 5 nitrogen and oxygen atoms in total. The summed E-state index contributed by atoms with van der Waals surface area (Å²) in [5.74, 6) is 0.623. The molecular formula is C24H42O5Si2. The van der Waals surface area contributed by atoms with Gasteiger partial charge in [-0.05, 0) is 55.3 Å². The first kappa shape index (κ1) is 26.3. The monoisotopic (exact) mass is 466 g/mol. The minimum Gasteiger partial charge on any atom is -0.462 e. The number of benzene rings is 1. The first-order chi connectivity index (χ1) is 14.0. The molecule has 2 rings (SSSR count). The third kappa shape index (κ3) is 6.07. The summed E-state index contributed by atoms with van der Waals surface area (Å²) in [4.78, 5) is 12.6. The van der Waals surface area contributed by atoms with Crippen LogP contribution in [0.4, 0.5) is 0 Å². The van der Waals surface area contributed by atoms with E-state index in [1.807, 2.05) is 30.3 Å². The van der Waals surface area contributed by atoms with Crippen molar-refractivity contribution in [1.29, 1.82) is 0 Å². The molecule has 0 aliphatic carbocycles. The standard InChI is InChI=1S/C24H42O5Si2/c1-17(25)19-20(28-30(8,9)23(2,3)4)21(29-31(10,11)24(5,6)7)22(27-19)26-18-15-13-12-14-16-18/h12-16,19-22H,1-11H3/t19-,20+,21-,22+/m0/s1. The Balaban J connectivity index is 2.46. The maximum atomic E-state index is 12.6. The molecule has 1 heterocycles. The number of carbonyl (C=O) groups excluding carboxylic acids is 1. The highest BCUT2D eigenvalue weighted by Gasteiger charge is 2.55. The fraction of sp³-hybridized carbons (Fsp3) is 0.708. The van der Waals surface area contributed by atoms with Crippen molar-refractivity contribution in [3.8, 4) is 5.75 Å². The number of hydrogen-bond acceptors (Lipinski definition) is 5. The molecule has 31 heavy (non-hydrogen) atoms. The van der Waals surface area contributed by atoms with E-state index >= 15 is 0 Å². The summed E-state index contributed by atoms with van der Waals surface area (Å²) in [6.45, 7) is 23.5. The Morgan fingerprint density at radius 1 is 0.839 bits per heavy atom. The van der Waals surface area contributed by atoms with Gasteiger partial charge in [-0.1, -0.05) is 59.7 Å². The van der Waals surface area contributed by atoms with Crippen LogP contribution in [0.25, 0.3) is 0 Å². The molecule has 7 heteroatoms. The number of hydrogen-bond donors (Lipinski definition) is 0. The van der Waals surface area contributed by atoms with Gasteiger partial charge in [-0.3, -0.25) is 4.79 Å². The van der Waals surface area contributed by atoms with E-state index in [2.05, 4.69) is 67.7 Å². The van der Waals surface area contributed by atoms with Crippen molar-refractivity contribution in [2.24, 2.45) is 0 Å². The first-order valence-corrected chi connectivity index (χ1v) is 17.0. The van der Waals surface area contributed by atoms with Crippen LogP contribution in [0.5, 0.6) is 5.75 Å². The van der Waals surface area contributed by atoms with Crippen LogP contribution < -0.4 is 4.74 Å². The van der Waals surface area contributed by atoms with Gasteiger partial charge in [0.05, 0.1) is 0 Å². The molecule has 1 aromatic rings. The summed E-state index contributed by atoms with van der Waals surface area (Å²) < 4.78 is 26.0. The molecule has 0 amide bonds. The average Bonchev–Trinajstić information content (AvgIpc) is 2.91. The highest BCUT2D eigenvalue weighted by Crippen LogP contribution is 2.44. The Hall–Kier alpha value is -0.996. The largest absolute Gasteiger partial charge is 0.462 e. The van der Waals surface area contributed by atoms with Crippen LogP contribution in [0.1, 0.15) is 48.5 Å². The molecule has 1 aromatic carbocycles. The maximum absolute atomic E-state index is 12.6. The van der Waals surface area contributed by atoms with E-state index in [1.165, 1.54) is 0 Å². The van der Waals surface area contributed by atoms with E-state index in [1.54, 1.807) is 6.92 Å². The van der Waals surface area contributed by atoms with Crippen LogP contribution >= 0.6 is 0 Å². The second-order valence-electron chi connectivity index (χ2n) is 11.7. The third-order valence-corrected chi connectivity index (χ3v) is 16.0. The second kappa shape index (κ2) is 9.10. The van der Waals surface area contributed by atoms with Crippen molar-refractivity contribution < 1.29 is 23.1 Å². The number of ketones is 1. The van der Waals surface area contributed by atoms with Crippen molar-refractivity contribution >= 4 is 22.4 Å². The predicted octanol–water partition coefficient (Wildman–Crippen LogP) is 6.16. The van der Waals surface area contributed by atoms with E-state index in [4.69, 9.17) is 18.3 Å². The zero-order valence-electron chi connectivity index (χ0n) is 21.2. The molecule has 176 valence electrons. The summed E-state index contributed by atoms with van der Waals surface area (Å²) in [5.41, 5.74) is 0. The van der Waals surface area contributed by atoms with Crippen molar-refractivity contribution in [1.82, 2.24) is 0 Å². The second-order valence-corrected chi connectivity index (χ2v) is 21.2. The number of para-hydroxylation sites is 1. The Labute approximate surface area is 191 Å². The molecule has 0 bridgehead atoms. The zero-order chi connectivity index (χ0) is 23.8. The predicted molar refractivity (Wildman–Crippen MR) is 131 cm³/mol. The van der Waals surface area contributed by atoms with Gasteiger partial charge in [0.15, 0.2) is 22.4 Å². The molecule has 0 spiro atoms. The van der Waals surface area contributed by atoms with E-state index in [-0.39, 0.29) is 15.9 Å². The van der Waals surface area contributed by atoms with Gasteiger partial charge in [0.2, 0.25) is 6.29 Å². The van der Waals surface area contributed by atoms with Gasteiger partial charge in [0.1, 0.15) is 24.1 Å². The van der Waals surface area contributed by atoms with Gasteiger partial charge in [-0.15, -0.1) is 0 Å². The van der Waals surface area contributed by atoms with Gasteiger partial charge in [-0.2, -0.15) is 0 Å². The van der Waals surface area contributed by atoms with Crippen molar-refractivity contribution in [3.63, 3.8) is 0 Å². The number of carbonyl (C=O) groups is 1. The average molecular weight is 467 g/mol. The lowest BCUT2D eigenvalue weighted by Gasteiger charge is -2.43. The lowest BCUT2D eigenvalue weighted by molar-refractivity contribution is -0.141. The maximum Gasteiger partial charge on any atom is 0.228 e. The molecule has 1 aliphatic heterocycles. The molecule has 0 aromatic heterocycles. The number of rotatable bonds is 7. The van der Waals surface area contributed by atoms with E-state index in [9.17, 15) is 4.79 Å². The van der Waals surface area contributed by atoms with Crippen molar-refractivity contribution in [2.45, 2.75) is 109 Å². The van der Waals surface area contributed by atoms with Crippen LogP contribution in [0, 0.1) is 0 Å². The highest BCUT2D eigenvalue weighted by atomic mass is 28.4. The summed E-state index contributed by atoms with van der Waals surface area (Å²) in [5, 5.41) is -0.00559. The highest BCUT2D eigenvalue weighted by molar-refractivity contribution is 6.74. The molecule has 1 saturated heterocycles. The molecular weight excluding hydrogens is 424 g/mol. The smallest absolute Gasteiger partial charge is 0.228 e. The Bertz CT molecular complexity index is 749. The minimum atomic E-state index is -2.19. The third-order valence-electron chi connectivity index (χ3n) is 7.04. The molecule has 0 N–H and O–H groups in total. The van der Waals surface area contributed by atoms with Crippen LogP contribution in [0.2, 0.25) is 36.3 Å². The van der Waals surface area contributed by atoms with Gasteiger partial charge >= 0.3 is 0 Å². The summed E-state index contributed by atoms with van der Waals surface area (Å²) in [7, 11) is -4.39. The first-order valence-electron chi connectivity index (χ1n) is 11.2. The summed E-state index contributed by atoms with van der Waals surface area (Å²) in [6.07, 6.45) is -2.40. The molecule has 1 fully saturated rings. The minimum absolute atomic E-state index is 0.000130. The van der Waals surface area contributed by atoms with Gasteiger partial charge in [-0.25, -0.2) is 0 Å². The molecule has 0 saturated carbocycles. The van der Waals surface area contributed by atoms with Gasteiger partial charge in [0, 0.05) is 0 Å². The van der Waals surface area contributed by atoms with Crippen LogP contribution in [0.3, 0.4) is 0 Å². The van der Waals surface area contributed by atoms with Crippen molar-refractivity contribution in [3.05, 3.63) is 30.3 Å². The fourth-order valence-electron chi connectivity index (χ4n) is 2.97. The topological polar surface area (TPSA) is 54.0 Å². The van der Waals surface area contributed by atoms with Crippen LogP contribution in [-0.2, 0) is 18.4 Å². The summed E-state index contributed by atoms with van der Waals surface area (Å²) >= 11 is 0. The van der Waals surface area contributed by atoms with E-state index in [0.29, 0.717) is 5.75 Å². The Morgan fingerprint density at radius 3 is 1.71 bits per heavy atom. The quantitative estimate of drug-likeness (QED) is 0.450. The molecule has 0 radical (unpaired) electrons. The van der Waals surface area contributed by atoms with Crippen LogP contribution in [0.15, 0.2) is 30.3 Å². The SMILES string of the molecule is CC(=O)[C@@H]1O[C@@H](Oc2ccccc2)[C@@H](O[Si](C)(C)C(C)(C)C)[C@@H]1O[Si](C)(C)C(C)(C)C. The normalized spacial score (nSPS) is 25.5. The Morgan fingerprint density at radius 2 is 1.29 bits per heavy atom. The molecule has 0 unspecified atom stereocenters. The fourth-order valence-corrected chi connectivity index (χ4v) is 5.54. The number of Topliss-reactive ketones (excluding diaryl/α,β-unsaturated/α-hetero) is 1. The van der Waals surface area contributed by atoms with E-state index < -0.39 is 41.2 Å². The lowest BCUT2D eigenvalue weighted by Crippen LogP contribution is -2.55. The van der Waals surface area contributed by atoms with Crippen LogP contribution in [-0.4, -0.2) is 47.0 Å². The lowest BCUT2D eigenvalue weighted by atomic mass is 10.1. The zero-order valence-corrected chi connectivity index (χ0v) is 23.2. The van der Waals surface area contributed by atoms with Gasteiger partial charge < -0.3 is 18.3 Å². The number of ether oxygens (including phenoxy) is 2. The molecule has 1 aliphatic rings. The summed E-state index contributed by atoms with van der Waals surface area (Å²) in [6, 6.07) is 9.54. The van der Waals surface area contributed by atoms with Gasteiger partial charge in [0.25, 0.3) is 0 Å².